The highest BCUT2D eigenvalue weighted by Gasteiger charge is 2.17. The van der Waals surface area contributed by atoms with Gasteiger partial charge in [0.25, 0.3) is 0 Å². The molecule has 0 aliphatic rings. The molecule has 0 saturated heterocycles. The van der Waals surface area contributed by atoms with Crippen molar-refractivity contribution in [3.63, 3.8) is 0 Å². The molecule has 0 aliphatic heterocycles. The van der Waals surface area contributed by atoms with E-state index in [1.54, 1.807) is 12.1 Å². The van der Waals surface area contributed by atoms with Crippen LogP contribution in [0.15, 0.2) is 18.2 Å². The molecule has 0 saturated carbocycles. The van der Waals surface area contributed by atoms with Crippen LogP contribution in [0.3, 0.4) is 0 Å². The Hall–Kier alpha value is -1.06. The summed E-state index contributed by atoms with van der Waals surface area (Å²) in [5, 5.41) is 3.25. The monoisotopic (exact) mass is 240 g/mol. The Bertz CT molecular complexity index is 391. The summed E-state index contributed by atoms with van der Waals surface area (Å²) < 4.78 is 0. The molecular weight excluding hydrogens is 224 g/mol. The number of halogens is 1. The van der Waals surface area contributed by atoms with Crippen LogP contribution in [0.25, 0.3) is 0 Å². The molecule has 1 rings (SSSR count). The molecule has 1 amide bonds. The number of benzene rings is 1. The van der Waals surface area contributed by atoms with E-state index < -0.39 is 6.04 Å². The van der Waals surface area contributed by atoms with Crippen LogP contribution >= 0.6 is 11.6 Å². The Morgan fingerprint density at radius 2 is 2.06 bits per heavy atom. The summed E-state index contributed by atoms with van der Waals surface area (Å²) in [6, 6.07) is 4.96. The minimum absolute atomic E-state index is 0.101. The minimum Gasteiger partial charge on any atom is -0.323 e. The molecule has 1 aromatic rings. The number of amides is 1. The second-order valence-electron chi connectivity index (χ2n) is 4.24. The summed E-state index contributed by atoms with van der Waals surface area (Å²) in [6.07, 6.45) is 0. The molecule has 0 spiro atoms. The van der Waals surface area contributed by atoms with Gasteiger partial charge in [0, 0.05) is 0 Å². The van der Waals surface area contributed by atoms with Crippen molar-refractivity contribution in [2.45, 2.75) is 26.8 Å². The average Bonchev–Trinajstić information content (AvgIpc) is 2.20. The maximum Gasteiger partial charge on any atom is 0.241 e. The van der Waals surface area contributed by atoms with Gasteiger partial charge in [-0.3, -0.25) is 4.79 Å². The molecule has 0 aliphatic carbocycles. The van der Waals surface area contributed by atoms with Crippen molar-refractivity contribution in [2.75, 3.05) is 5.32 Å². The summed E-state index contributed by atoms with van der Waals surface area (Å²) in [6.45, 7) is 5.75. The fourth-order valence-electron chi connectivity index (χ4n) is 1.24. The number of rotatable bonds is 3. The Morgan fingerprint density at radius 3 is 2.56 bits per heavy atom. The fraction of sp³-hybridized carbons (Fsp3) is 0.417. The smallest absolute Gasteiger partial charge is 0.241 e. The summed E-state index contributed by atoms with van der Waals surface area (Å²) in [5.41, 5.74) is 7.39. The lowest BCUT2D eigenvalue weighted by atomic mass is 10.0. The van der Waals surface area contributed by atoms with Gasteiger partial charge < -0.3 is 11.1 Å². The van der Waals surface area contributed by atoms with Crippen molar-refractivity contribution in [1.82, 2.24) is 0 Å². The number of aryl methyl sites for hydroxylation is 1. The number of carbonyl (C=O) groups is 1. The van der Waals surface area contributed by atoms with Crippen LogP contribution in [-0.4, -0.2) is 11.9 Å². The first-order chi connectivity index (χ1) is 7.41. The van der Waals surface area contributed by atoms with Gasteiger partial charge in [-0.25, -0.2) is 0 Å². The first kappa shape index (κ1) is 13.0. The van der Waals surface area contributed by atoms with E-state index >= 15 is 0 Å². The maximum atomic E-state index is 11.7. The van der Waals surface area contributed by atoms with Crippen molar-refractivity contribution >= 4 is 23.2 Å². The maximum absolute atomic E-state index is 11.7. The second kappa shape index (κ2) is 5.32. The molecule has 0 aromatic heterocycles. The van der Waals surface area contributed by atoms with Crippen LogP contribution in [0, 0.1) is 12.8 Å². The van der Waals surface area contributed by atoms with Crippen LogP contribution in [0.5, 0.6) is 0 Å². The lowest BCUT2D eigenvalue weighted by Gasteiger charge is -2.16. The topological polar surface area (TPSA) is 55.1 Å². The highest BCUT2D eigenvalue weighted by Crippen LogP contribution is 2.22. The second-order valence-corrected chi connectivity index (χ2v) is 4.65. The van der Waals surface area contributed by atoms with E-state index in [1.165, 1.54) is 0 Å². The van der Waals surface area contributed by atoms with Crippen molar-refractivity contribution in [3.05, 3.63) is 28.8 Å². The third kappa shape index (κ3) is 3.22. The third-order valence-corrected chi connectivity index (χ3v) is 2.72. The fourth-order valence-corrected chi connectivity index (χ4v) is 1.52. The van der Waals surface area contributed by atoms with E-state index in [1.807, 2.05) is 26.8 Å². The van der Waals surface area contributed by atoms with Crippen molar-refractivity contribution < 1.29 is 4.79 Å². The van der Waals surface area contributed by atoms with E-state index in [9.17, 15) is 4.79 Å². The Balaban J connectivity index is 2.77. The van der Waals surface area contributed by atoms with Crippen LogP contribution in [-0.2, 0) is 4.79 Å². The molecule has 1 unspecified atom stereocenters. The molecule has 3 nitrogen and oxygen atoms in total. The molecule has 0 heterocycles. The Labute approximate surface area is 101 Å². The quantitative estimate of drug-likeness (QED) is 0.853. The first-order valence-electron chi connectivity index (χ1n) is 5.24. The number of anilines is 1. The van der Waals surface area contributed by atoms with Gasteiger partial charge in [0.05, 0.1) is 16.8 Å². The normalized spacial score (nSPS) is 12.6. The minimum atomic E-state index is -0.516. The first-order valence-corrected chi connectivity index (χ1v) is 5.62. The van der Waals surface area contributed by atoms with E-state index in [-0.39, 0.29) is 11.8 Å². The molecule has 0 radical (unpaired) electrons. The lowest BCUT2D eigenvalue weighted by Crippen LogP contribution is -2.39. The Morgan fingerprint density at radius 1 is 1.44 bits per heavy atom. The zero-order valence-electron chi connectivity index (χ0n) is 9.75. The van der Waals surface area contributed by atoms with E-state index in [0.717, 1.165) is 5.56 Å². The molecule has 16 heavy (non-hydrogen) atoms. The number of hydrogen-bond acceptors (Lipinski definition) is 2. The zero-order valence-corrected chi connectivity index (χ0v) is 10.5. The highest BCUT2D eigenvalue weighted by molar-refractivity contribution is 6.33. The standard InChI is InChI=1S/C12H17ClN2O/c1-7(2)11(14)12(16)15-10-5-4-8(3)6-9(10)13/h4-7,11H,14H2,1-3H3,(H,15,16). The summed E-state index contributed by atoms with van der Waals surface area (Å²) >= 11 is 6.00. The molecular formula is C12H17ClN2O. The van der Waals surface area contributed by atoms with Crippen LogP contribution in [0.4, 0.5) is 5.69 Å². The number of nitrogens with two attached hydrogens (primary N) is 1. The predicted octanol–water partition coefficient (Wildman–Crippen LogP) is 2.57. The van der Waals surface area contributed by atoms with Crippen molar-refractivity contribution in [2.24, 2.45) is 11.7 Å². The van der Waals surface area contributed by atoms with Crippen LogP contribution in [0.2, 0.25) is 5.02 Å². The Kier molecular flexibility index (Phi) is 4.33. The van der Waals surface area contributed by atoms with Gasteiger partial charge in [-0.05, 0) is 30.5 Å². The average molecular weight is 241 g/mol. The highest BCUT2D eigenvalue weighted by atomic mass is 35.5. The zero-order chi connectivity index (χ0) is 12.3. The van der Waals surface area contributed by atoms with Gasteiger partial charge in [-0.2, -0.15) is 0 Å². The van der Waals surface area contributed by atoms with E-state index in [2.05, 4.69) is 5.32 Å². The lowest BCUT2D eigenvalue weighted by molar-refractivity contribution is -0.118. The molecule has 0 bridgehead atoms. The summed E-state index contributed by atoms with van der Waals surface area (Å²) in [7, 11) is 0. The summed E-state index contributed by atoms with van der Waals surface area (Å²) in [4.78, 5) is 11.7. The molecule has 3 N–H and O–H groups in total. The molecule has 4 heteroatoms. The number of nitrogens with one attached hydrogen (secondary N) is 1. The largest absolute Gasteiger partial charge is 0.323 e. The number of carbonyl (C=O) groups excluding carboxylic acids is 1. The van der Waals surface area contributed by atoms with Gasteiger partial charge >= 0.3 is 0 Å². The van der Waals surface area contributed by atoms with Gasteiger partial charge in [-0.1, -0.05) is 31.5 Å². The van der Waals surface area contributed by atoms with E-state index in [0.29, 0.717) is 10.7 Å². The summed E-state index contributed by atoms with van der Waals surface area (Å²) in [5.74, 6) is -0.107. The van der Waals surface area contributed by atoms with Crippen molar-refractivity contribution in [1.29, 1.82) is 0 Å². The van der Waals surface area contributed by atoms with Gasteiger partial charge in [-0.15, -0.1) is 0 Å². The van der Waals surface area contributed by atoms with E-state index in [4.69, 9.17) is 17.3 Å². The van der Waals surface area contributed by atoms with Crippen LogP contribution < -0.4 is 11.1 Å². The molecule has 88 valence electrons. The SMILES string of the molecule is Cc1ccc(NC(=O)C(N)C(C)C)c(Cl)c1. The predicted molar refractivity (Wildman–Crippen MR) is 67.6 cm³/mol. The van der Waals surface area contributed by atoms with Crippen LogP contribution in [0.1, 0.15) is 19.4 Å². The number of hydrogen-bond donors (Lipinski definition) is 2. The van der Waals surface area contributed by atoms with Gasteiger partial charge in [0.2, 0.25) is 5.91 Å². The third-order valence-electron chi connectivity index (χ3n) is 2.40. The molecule has 0 fully saturated rings. The van der Waals surface area contributed by atoms with Crippen molar-refractivity contribution in [3.8, 4) is 0 Å². The molecule has 1 atom stereocenters. The molecule has 1 aromatic carbocycles. The van der Waals surface area contributed by atoms with Gasteiger partial charge in [0.1, 0.15) is 0 Å². The van der Waals surface area contributed by atoms with Gasteiger partial charge in [0.15, 0.2) is 0 Å².